The zero-order valence-corrected chi connectivity index (χ0v) is 13.8. The molecule has 0 saturated carbocycles. The Balaban J connectivity index is 2.25. The number of hydrogen-bond donors (Lipinski definition) is 2. The molecule has 3 N–H and O–H groups in total. The molecular formula is C14H22N2O2S2. The van der Waals surface area contributed by atoms with E-state index in [-0.39, 0.29) is 9.64 Å². The van der Waals surface area contributed by atoms with Crippen LogP contribution >= 0.6 is 11.8 Å². The van der Waals surface area contributed by atoms with Gasteiger partial charge in [-0.1, -0.05) is 12.1 Å². The molecule has 0 aromatic heterocycles. The van der Waals surface area contributed by atoms with Crippen LogP contribution in [0.5, 0.6) is 0 Å². The van der Waals surface area contributed by atoms with Crippen LogP contribution in [0, 0.1) is 13.8 Å². The van der Waals surface area contributed by atoms with Crippen molar-refractivity contribution in [1.29, 1.82) is 0 Å². The first-order valence-corrected chi connectivity index (χ1v) is 9.21. The number of nitrogen functional groups attached to an aromatic ring is 1. The summed E-state index contributed by atoms with van der Waals surface area (Å²) in [6.07, 6.45) is 2.19. The average Bonchev–Trinajstić information content (AvgIpc) is 2.80. The smallest absolute Gasteiger partial charge is 0.242 e. The van der Waals surface area contributed by atoms with E-state index < -0.39 is 10.0 Å². The molecule has 112 valence electrons. The number of aryl methyl sites for hydroxylation is 2. The number of hydrogen-bond acceptors (Lipinski definition) is 4. The lowest BCUT2D eigenvalue weighted by Crippen LogP contribution is -2.37. The van der Waals surface area contributed by atoms with Crippen molar-refractivity contribution in [1.82, 2.24) is 4.72 Å². The van der Waals surface area contributed by atoms with Gasteiger partial charge in [0.15, 0.2) is 0 Å². The van der Waals surface area contributed by atoms with Crippen LogP contribution in [0.2, 0.25) is 0 Å². The van der Waals surface area contributed by atoms with Crippen molar-refractivity contribution in [2.75, 3.05) is 18.0 Å². The lowest BCUT2D eigenvalue weighted by atomic mass is 10.1. The van der Waals surface area contributed by atoms with Crippen LogP contribution in [-0.2, 0) is 10.0 Å². The second kappa shape index (κ2) is 5.58. The van der Waals surface area contributed by atoms with E-state index in [1.165, 1.54) is 0 Å². The van der Waals surface area contributed by atoms with E-state index in [2.05, 4.69) is 11.6 Å². The Morgan fingerprint density at radius 3 is 2.60 bits per heavy atom. The number of benzene rings is 1. The Morgan fingerprint density at radius 2 is 2.00 bits per heavy atom. The molecule has 1 atom stereocenters. The van der Waals surface area contributed by atoms with E-state index in [4.69, 9.17) is 5.73 Å². The van der Waals surface area contributed by atoms with E-state index in [0.717, 1.165) is 24.2 Å². The van der Waals surface area contributed by atoms with Crippen molar-refractivity contribution in [3.8, 4) is 0 Å². The quantitative estimate of drug-likeness (QED) is 0.837. The molecule has 1 aromatic rings. The Bertz CT molecular complexity index is 606. The Kier molecular flexibility index (Phi) is 4.37. The summed E-state index contributed by atoms with van der Waals surface area (Å²) in [6, 6.07) is 3.64. The molecule has 1 unspecified atom stereocenters. The topological polar surface area (TPSA) is 72.2 Å². The predicted molar refractivity (Wildman–Crippen MR) is 85.6 cm³/mol. The maximum atomic E-state index is 12.5. The molecule has 1 aliphatic rings. The third-order valence-corrected chi connectivity index (χ3v) is 6.96. The van der Waals surface area contributed by atoms with Gasteiger partial charge >= 0.3 is 0 Å². The van der Waals surface area contributed by atoms with Crippen LogP contribution in [0.15, 0.2) is 17.0 Å². The van der Waals surface area contributed by atoms with Crippen molar-refractivity contribution >= 4 is 27.5 Å². The van der Waals surface area contributed by atoms with Crippen molar-refractivity contribution in [2.24, 2.45) is 0 Å². The monoisotopic (exact) mass is 314 g/mol. The molecule has 1 aliphatic heterocycles. The van der Waals surface area contributed by atoms with Gasteiger partial charge in [0.25, 0.3) is 0 Å². The van der Waals surface area contributed by atoms with E-state index in [1.54, 1.807) is 13.0 Å². The van der Waals surface area contributed by atoms with Gasteiger partial charge in [-0.3, -0.25) is 0 Å². The standard InChI is InChI=1S/C14H22N2O2S2/c1-10-5-6-11(2)13(12(10)15)20(17,18)16-9-14(3)7-4-8-19-14/h5-6,16H,4,7-9,15H2,1-3H3. The Hall–Kier alpha value is -0.720. The zero-order chi connectivity index (χ0) is 15.0. The van der Waals surface area contributed by atoms with Crippen LogP contribution < -0.4 is 10.5 Å². The lowest BCUT2D eigenvalue weighted by Gasteiger charge is -2.23. The fraction of sp³-hybridized carbons (Fsp3) is 0.571. The summed E-state index contributed by atoms with van der Waals surface area (Å²) in [5, 5.41) is 0. The highest BCUT2D eigenvalue weighted by molar-refractivity contribution is 8.01. The summed E-state index contributed by atoms with van der Waals surface area (Å²) < 4.78 is 27.8. The predicted octanol–water partition coefficient (Wildman–Crippen LogP) is 2.45. The summed E-state index contributed by atoms with van der Waals surface area (Å²) in [4.78, 5) is 0.226. The molecule has 4 nitrogen and oxygen atoms in total. The van der Waals surface area contributed by atoms with Crippen LogP contribution in [0.4, 0.5) is 5.69 Å². The minimum atomic E-state index is -3.56. The highest BCUT2D eigenvalue weighted by atomic mass is 32.2. The lowest BCUT2D eigenvalue weighted by molar-refractivity contribution is 0.552. The van der Waals surface area contributed by atoms with Crippen LogP contribution in [0.25, 0.3) is 0 Å². The summed E-state index contributed by atoms with van der Waals surface area (Å²) in [5.74, 6) is 1.10. The molecule has 2 rings (SSSR count). The minimum absolute atomic E-state index is 0.000435. The SMILES string of the molecule is Cc1ccc(C)c(S(=O)(=O)NCC2(C)CCCS2)c1N. The molecule has 0 aliphatic carbocycles. The molecule has 1 aromatic carbocycles. The van der Waals surface area contributed by atoms with Gasteiger partial charge in [-0.15, -0.1) is 0 Å². The fourth-order valence-corrected chi connectivity index (χ4v) is 5.39. The minimum Gasteiger partial charge on any atom is -0.397 e. The number of sulfonamides is 1. The molecule has 0 spiro atoms. The number of thioether (sulfide) groups is 1. The molecular weight excluding hydrogens is 292 g/mol. The molecule has 0 amide bonds. The number of nitrogens with two attached hydrogens (primary N) is 1. The second-order valence-electron chi connectivity index (χ2n) is 5.67. The van der Waals surface area contributed by atoms with Gasteiger partial charge in [0, 0.05) is 11.3 Å². The third kappa shape index (κ3) is 3.13. The van der Waals surface area contributed by atoms with Crippen LogP contribution in [0.1, 0.15) is 30.9 Å². The highest BCUT2D eigenvalue weighted by Crippen LogP contribution is 2.37. The zero-order valence-electron chi connectivity index (χ0n) is 12.2. The summed E-state index contributed by atoms with van der Waals surface area (Å²) >= 11 is 1.83. The first-order valence-electron chi connectivity index (χ1n) is 6.74. The Morgan fingerprint density at radius 1 is 1.35 bits per heavy atom. The Labute approximate surface area is 125 Å². The van der Waals surface area contributed by atoms with E-state index in [9.17, 15) is 8.42 Å². The average molecular weight is 314 g/mol. The number of anilines is 1. The van der Waals surface area contributed by atoms with Crippen molar-refractivity contribution in [3.63, 3.8) is 0 Å². The highest BCUT2D eigenvalue weighted by Gasteiger charge is 2.32. The molecule has 1 heterocycles. The molecule has 0 radical (unpaired) electrons. The van der Waals surface area contributed by atoms with Crippen LogP contribution in [-0.4, -0.2) is 25.5 Å². The normalized spacial score (nSPS) is 23.1. The van der Waals surface area contributed by atoms with Crippen molar-refractivity contribution < 1.29 is 8.42 Å². The van der Waals surface area contributed by atoms with Crippen molar-refractivity contribution in [3.05, 3.63) is 23.3 Å². The van der Waals surface area contributed by atoms with Gasteiger partial charge < -0.3 is 5.73 Å². The van der Waals surface area contributed by atoms with Gasteiger partial charge in [-0.05, 0) is 50.5 Å². The van der Waals surface area contributed by atoms with Crippen LogP contribution in [0.3, 0.4) is 0 Å². The van der Waals surface area contributed by atoms with Gasteiger partial charge in [0.05, 0.1) is 5.69 Å². The second-order valence-corrected chi connectivity index (χ2v) is 9.05. The number of rotatable bonds is 4. The molecule has 1 fully saturated rings. The maximum absolute atomic E-state index is 12.5. The summed E-state index contributed by atoms with van der Waals surface area (Å²) in [7, 11) is -3.56. The maximum Gasteiger partial charge on any atom is 0.242 e. The molecule has 0 bridgehead atoms. The number of nitrogens with one attached hydrogen (secondary N) is 1. The first-order chi connectivity index (χ1) is 9.25. The van der Waals surface area contributed by atoms with Gasteiger partial charge in [0.1, 0.15) is 4.90 Å². The van der Waals surface area contributed by atoms with E-state index in [0.29, 0.717) is 17.8 Å². The molecule has 1 saturated heterocycles. The third-order valence-electron chi connectivity index (χ3n) is 3.82. The fourth-order valence-electron chi connectivity index (χ4n) is 2.46. The van der Waals surface area contributed by atoms with Gasteiger partial charge in [-0.25, -0.2) is 13.1 Å². The van der Waals surface area contributed by atoms with Gasteiger partial charge in [-0.2, -0.15) is 11.8 Å². The molecule has 20 heavy (non-hydrogen) atoms. The van der Waals surface area contributed by atoms with E-state index in [1.807, 2.05) is 24.8 Å². The summed E-state index contributed by atoms with van der Waals surface area (Å²) in [6.45, 7) is 6.16. The van der Waals surface area contributed by atoms with Gasteiger partial charge in [0.2, 0.25) is 10.0 Å². The van der Waals surface area contributed by atoms with E-state index >= 15 is 0 Å². The molecule has 6 heteroatoms. The largest absolute Gasteiger partial charge is 0.397 e. The van der Waals surface area contributed by atoms with Crippen molar-refractivity contribution in [2.45, 2.75) is 43.3 Å². The summed E-state index contributed by atoms with van der Waals surface area (Å²) in [5.41, 5.74) is 7.78. The first kappa shape index (κ1) is 15.7.